The molecule has 0 aliphatic rings. The zero-order valence-electron chi connectivity index (χ0n) is 11.0. The van der Waals surface area contributed by atoms with Crippen molar-refractivity contribution in [3.05, 3.63) is 35.4 Å². The molecule has 18 heavy (non-hydrogen) atoms. The van der Waals surface area contributed by atoms with Crippen LogP contribution in [0.25, 0.3) is 0 Å². The Morgan fingerprint density at radius 2 is 1.78 bits per heavy atom. The fourth-order valence-electron chi connectivity index (χ4n) is 1.72. The first-order valence-electron chi connectivity index (χ1n) is 5.96. The maximum absolute atomic E-state index is 11.9. The van der Waals surface area contributed by atoms with Crippen molar-refractivity contribution in [3.63, 3.8) is 0 Å². The van der Waals surface area contributed by atoms with E-state index in [1.807, 2.05) is 0 Å². The van der Waals surface area contributed by atoms with Crippen molar-refractivity contribution in [2.45, 2.75) is 20.3 Å². The third-order valence-corrected chi connectivity index (χ3v) is 2.62. The summed E-state index contributed by atoms with van der Waals surface area (Å²) in [6.45, 7) is 4.85. The van der Waals surface area contributed by atoms with Crippen molar-refractivity contribution in [3.8, 4) is 0 Å². The van der Waals surface area contributed by atoms with Gasteiger partial charge in [0.15, 0.2) is 0 Å². The largest absolute Gasteiger partial charge is 0.478 e. The zero-order valence-corrected chi connectivity index (χ0v) is 11.0. The molecule has 98 valence electrons. The average Bonchev–Trinajstić information content (AvgIpc) is 2.28. The van der Waals surface area contributed by atoms with Crippen LogP contribution in [0.4, 0.5) is 0 Å². The van der Waals surface area contributed by atoms with Crippen molar-refractivity contribution in [1.29, 1.82) is 0 Å². The summed E-state index contributed by atoms with van der Waals surface area (Å²) in [6, 6.07) is 6.41. The molecular weight excluding hydrogens is 230 g/mol. The Balaban J connectivity index is 2.62. The monoisotopic (exact) mass is 249 g/mol. The van der Waals surface area contributed by atoms with E-state index in [2.05, 4.69) is 13.8 Å². The molecule has 0 unspecified atom stereocenters. The van der Waals surface area contributed by atoms with Gasteiger partial charge in [-0.1, -0.05) is 26.0 Å². The molecule has 0 spiro atoms. The number of carbonyl (C=O) groups excluding carboxylic acids is 1. The molecule has 0 aliphatic carbocycles. The molecule has 4 heteroatoms. The molecule has 0 aliphatic heterocycles. The Kier molecular flexibility index (Phi) is 4.89. The fraction of sp³-hybridized carbons (Fsp3) is 0.429. The van der Waals surface area contributed by atoms with Crippen LogP contribution in [-0.2, 0) is 11.2 Å². The van der Waals surface area contributed by atoms with Crippen LogP contribution in [0, 0.1) is 5.92 Å². The van der Waals surface area contributed by atoms with Crippen molar-refractivity contribution in [2.24, 2.45) is 5.92 Å². The molecule has 0 aromatic heterocycles. The van der Waals surface area contributed by atoms with E-state index < -0.39 is 5.97 Å². The summed E-state index contributed by atoms with van der Waals surface area (Å²) in [5.41, 5.74) is 1.07. The third-order valence-electron chi connectivity index (χ3n) is 2.62. The smallest absolute Gasteiger partial charge is 0.335 e. The topological polar surface area (TPSA) is 57.6 Å². The number of benzene rings is 1. The Bertz CT molecular complexity index is 423. The third kappa shape index (κ3) is 4.20. The van der Waals surface area contributed by atoms with Gasteiger partial charge in [-0.05, 0) is 23.6 Å². The predicted molar refractivity (Wildman–Crippen MR) is 69.6 cm³/mol. The zero-order chi connectivity index (χ0) is 13.7. The first-order chi connectivity index (χ1) is 8.40. The molecule has 4 nitrogen and oxygen atoms in total. The molecule has 1 N–H and O–H groups in total. The Hall–Kier alpha value is -1.84. The molecule has 0 radical (unpaired) electrons. The van der Waals surface area contributed by atoms with Crippen LogP contribution >= 0.6 is 0 Å². The van der Waals surface area contributed by atoms with Crippen molar-refractivity contribution < 1.29 is 14.7 Å². The Labute approximate surface area is 107 Å². The fourth-order valence-corrected chi connectivity index (χ4v) is 1.72. The van der Waals surface area contributed by atoms with E-state index in [1.165, 1.54) is 12.1 Å². The van der Waals surface area contributed by atoms with Crippen molar-refractivity contribution in [2.75, 3.05) is 13.6 Å². The highest BCUT2D eigenvalue weighted by atomic mass is 16.4. The molecule has 0 saturated heterocycles. The van der Waals surface area contributed by atoms with Gasteiger partial charge in [0.05, 0.1) is 12.0 Å². The van der Waals surface area contributed by atoms with Gasteiger partial charge in [0, 0.05) is 13.6 Å². The van der Waals surface area contributed by atoms with Crippen molar-refractivity contribution >= 4 is 11.9 Å². The van der Waals surface area contributed by atoms with Crippen LogP contribution in [-0.4, -0.2) is 35.5 Å². The number of nitrogens with zero attached hydrogens (tertiary/aromatic N) is 1. The van der Waals surface area contributed by atoms with E-state index in [-0.39, 0.29) is 11.5 Å². The van der Waals surface area contributed by atoms with Crippen molar-refractivity contribution in [1.82, 2.24) is 4.90 Å². The minimum Gasteiger partial charge on any atom is -0.478 e. The molecule has 1 rings (SSSR count). The molecule has 0 fully saturated rings. The number of carboxylic acid groups (broad SMARTS) is 1. The molecule has 1 aromatic rings. The van der Waals surface area contributed by atoms with Crippen LogP contribution in [0.2, 0.25) is 0 Å². The van der Waals surface area contributed by atoms with E-state index in [1.54, 1.807) is 24.1 Å². The normalized spacial score (nSPS) is 10.4. The minimum absolute atomic E-state index is 0.0479. The maximum Gasteiger partial charge on any atom is 0.335 e. The summed E-state index contributed by atoms with van der Waals surface area (Å²) < 4.78 is 0. The summed E-state index contributed by atoms with van der Waals surface area (Å²) in [4.78, 5) is 24.3. The number of aromatic carboxylic acids is 1. The second-order valence-electron chi connectivity index (χ2n) is 4.85. The number of hydrogen-bond donors (Lipinski definition) is 1. The van der Waals surface area contributed by atoms with Gasteiger partial charge in [0.2, 0.25) is 5.91 Å². The van der Waals surface area contributed by atoms with Gasteiger partial charge >= 0.3 is 5.97 Å². The Morgan fingerprint density at radius 3 is 2.22 bits per heavy atom. The minimum atomic E-state index is -0.954. The summed E-state index contributed by atoms with van der Waals surface area (Å²) in [6.07, 6.45) is 0.309. The van der Waals surface area contributed by atoms with Crippen LogP contribution in [0.5, 0.6) is 0 Å². The van der Waals surface area contributed by atoms with E-state index in [4.69, 9.17) is 5.11 Å². The van der Waals surface area contributed by atoms with Crippen LogP contribution in [0.1, 0.15) is 29.8 Å². The standard InChI is InChI=1S/C14H19NO3/c1-10(2)9-15(3)13(16)8-11-4-6-12(7-5-11)14(17)18/h4-7,10H,8-9H2,1-3H3,(H,17,18). The van der Waals surface area contributed by atoms with Gasteiger partial charge in [-0.15, -0.1) is 0 Å². The number of carboxylic acids is 1. The van der Waals surface area contributed by atoms with E-state index in [0.717, 1.165) is 12.1 Å². The first kappa shape index (κ1) is 14.2. The van der Waals surface area contributed by atoms with E-state index >= 15 is 0 Å². The lowest BCUT2D eigenvalue weighted by Gasteiger charge is -2.19. The first-order valence-corrected chi connectivity index (χ1v) is 5.96. The SMILES string of the molecule is CC(C)CN(C)C(=O)Cc1ccc(C(=O)O)cc1. The number of likely N-dealkylation sites (N-methyl/N-ethyl adjacent to an activating group) is 1. The maximum atomic E-state index is 11.9. The van der Waals surface area contributed by atoms with Gasteiger partial charge in [-0.25, -0.2) is 4.79 Å². The van der Waals surface area contributed by atoms with E-state index in [9.17, 15) is 9.59 Å². The van der Waals surface area contributed by atoms with Gasteiger partial charge in [-0.2, -0.15) is 0 Å². The number of hydrogen-bond acceptors (Lipinski definition) is 2. The highest BCUT2D eigenvalue weighted by Gasteiger charge is 2.11. The molecule has 1 amide bonds. The lowest BCUT2D eigenvalue weighted by atomic mass is 10.1. The average molecular weight is 249 g/mol. The number of amides is 1. The summed E-state index contributed by atoms with van der Waals surface area (Å²) in [5.74, 6) is -0.468. The Morgan fingerprint density at radius 1 is 1.22 bits per heavy atom. The van der Waals surface area contributed by atoms with E-state index in [0.29, 0.717) is 12.3 Å². The molecule has 0 saturated carbocycles. The molecule has 0 heterocycles. The highest BCUT2D eigenvalue weighted by Crippen LogP contribution is 2.07. The summed E-state index contributed by atoms with van der Waals surface area (Å²) in [5, 5.41) is 8.77. The number of rotatable bonds is 5. The molecule has 0 atom stereocenters. The van der Waals surface area contributed by atoms with Gasteiger partial charge in [0.1, 0.15) is 0 Å². The van der Waals surface area contributed by atoms with Crippen LogP contribution in [0.3, 0.4) is 0 Å². The van der Waals surface area contributed by atoms with Crippen LogP contribution in [0.15, 0.2) is 24.3 Å². The van der Waals surface area contributed by atoms with Gasteiger partial charge < -0.3 is 10.0 Å². The summed E-state index contributed by atoms with van der Waals surface area (Å²) in [7, 11) is 1.79. The van der Waals surface area contributed by atoms with Gasteiger partial charge in [-0.3, -0.25) is 4.79 Å². The highest BCUT2D eigenvalue weighted by molar-refractivity contribution is 5.87. The van der Waals surface area contributed by atoms with Crippen LogP contribution < -0.4 is 0 Å². The molecular formula is C14H19NO3. The lowest BCUT2D eigenvalue weighted by Crippen LogP contribution is -2.31. The molecule has 0 bridgehead atoms. The predicted octanol–water partition coefficient (Wildman–Crippen LogP) is 2.04. The lowest BCUT2D eigenvalue weighted by molar-refractivity contribution is -0.129. The second-order valence-corrected chi connectivity index (χ2v) is 4.85. The van der Waals surface area contributed by atoms with Gasteiger partial charge in [0.25, 0.3) is 0 Å². The second kappa shape index (κ2) is 6.19. The number of carbonyl (C=O) groups is 2. The summed E-state index contributed by atoms with van der Waals surface area (Å²) >= 11 is 0. The molecule has 1 aromatic carbocycles. The quantitative estimate of drug-likeness (QED) is 0.868.